The number of nitrogens with one attached hydrogen (secondary N) is 1. The molecule has 0 unspecified atom stereocenters. The summed E-state index contributed by atoms with van der Waals surface area (Å²) in [5.41, 5.74) is 0. The van der Waals surface area contributed by atoms with E-state index in [9.17, 15) is 18.0 Å². The van der Waals surface area contributed by atoms with Crippen LogP contribution in [0.5, 0.6) is 0 Å². The van der Waals surface area contributed by atoms with Crippen LogP contribution in [0.3, 0.4) is 0 Å². The Morgan fingerprint density at radius 1 is 1.45 bits per heavy atom. The minimum atomic E-state index is -4.59. The summed E-state index contributed by atoms with van der Waals surface area (Å²) in [7, 11) is 1.19. The van der Waals surface area contributed by atoms with E-state index in [1.165, 1.54) is 20.0 Å². The van der Waals surface area contributed by atoms with Crippen LogP contribution in [-0.4, -0.2) is 31.1 Å². The molecule has 0 radical (unpaired) electrons. The van der Waals surface area contributed by atoms with Crippen molar-refractivity contribution in [3.63, 3.8) is 0 Å². The normalized spacial score (nSPS) is 13.2. The van der Waals surface area contributed by atoms with E-state index >= 15 is 0 Å². The molecule has 1 atom stereocenters. The lowest BCUT2D eigenvalue weighted by molar-refractivity contribution is -0.147. The maximum Gasteiger partial charge on any atom is 0.451 e. The van der Waals surface area contributed by atoms with Crippen molar-refractivity contribution in [2.75, 3.05) is 5.32 Å². The molecule has 0 saturated heterocycles. The van der Waals surface area contributed by atoms with E-state index in [1.807, 2.05) is 0 Å². The molecule has 22 heavy (non-hydrogen) atoms. The quantitative estimate of drug-likeness (QED) is 0.863. The third-order valence-electron chi connectivity index (χ3n) is 2.62. The number of carbonyl (C=O) groups is 1. The Labute approximate surface area is 127 Å². The number of amides is 1. The number of hydrogen-bond donors (Lipinski definition) is 1. The summed E-state index contributed by atoms with van der Waals surface area (Å²) < 4.78 is 43.5. The summed E-state index contributed by atoms with van der Waals surface area (Å²) in [5.74, 6) is -0.785. The molecule has 0 saturated carbocycles. The first-order valence-corrected chi connectivity index (χ1v) is 6.94. The van der Waals surface area contributed by atoms with Crippen molar-refractivity contribution in [1.29, 1.82) is 0 Å². The first-order valence-electron chi connectivity index (χ1n) is 6.06. The highest BCUT2D eigenvalue weighted by Gasteiger charge is 2.37. The molecule has 1 N–H and O–H groups in total. The highest BCUT2D eigenvalue weighted by molar-refractivity contribution is 8.00. The number of rotatable bonds is 4. The Morgan fingerprint density at radius 2 is 2.14 bits per heavy atom. The van der Waals surface area contributed by atoms with Crippen LogP contribution in [0.15, 0.2) is 15.7 Å². The molecule has 2 heterocycles. The largest absolute Gasteiger partial charge is 0.451 e. The molecule has 0 aliphatic heterocycles. The third kappa shape index (κ3) is 3.59. The SMILES string of the molecule is Cc1cc(NC(=O)[C@H](C)Sc2nnc(C(F)(F)F)n2C)no1. The molecule has 0 aromatic carbocycles. The predicted molar refractivity (Wildman–Crippen MR) is 71.2 cm³/mol. The molecular formula is C11H12F3N5O2S. The number of halogens is 3. The second kappa shape index (κ2) is 5.99. The number of aryl methyl sites for hydroxylation is 1. The van der Waals surface area contributed by atoms with Crippen LogP contribution in [0.2, 0.25) is 0 Å². The number of nitrogens with zero attached hydrogens (tertiary/aromatic N) is 4. The summed E-state index contributed by atoms with van der Waals surface area (Å²) in [6.07, 6.45) is -4.59. The van der Waals surface area contributed by atoms with Crippen molar-refractivity contribution in [3.8, 4) is 0 Å². The van der Waals surface area contributed by atoms with Gasteiger partial charge in [0.25, 0.3) is 0 Å². The van der Waals surface area contributed by atoms with E-state index in [4.69, 9.17) is 4.52 Å². The fourth-order valence-electron chi connectivity index (χ4n) is 1.53. The number of thioether (sulfide) groups is 1. The Kier molecular flexibility index (Phi) is 4.44. The van der Waals surface area contributed by atoms with Gasteiger partial charge in [-0.15, -0.1) is 10.2 Å². The van der Waals surface area contributed by atoms with Crippen molar-refractivity contribution >= 4 is 23.5 Å². The van der Waals surface area contributed by atoms with Gasteiger partial charge in [0.15, 0.2) is 11.0 Å². The van der Waals surface area contributed by atoms with Crippen molar-refractivity contribution in [3.05, 3.63) is 17.7 Å². The lowest BCUT2D eigenvalue weighted by atomic mass is 10.4. The monoisotopic (exact) mass is 335 g/mol. The van der Waals surface area contributed by atoms with Crippen molar-refractivity contribution in [1.82, 2.24) is 19.9 Å². The van der Waals surface area contributed by atoms with Crippen LogP contribution in [0, 0.1) is 6.92 Å². The van der Waals surface area contributed by atoms with Crippen LogP contribution in [0.25, 0.3) is 0 Å². The zero-order valence-corrected chi connectivity index (χ0v) is 12.6. The molecule has 0 aliphatic rings. The minimum absolute atomic E-state index is 0.00805. The molecule has 0 bridgehead atoms. The second-order valence-corrected chi connectivity index (χ2v) is 5.74. The summed E-state index contributed by atoms with van der Waals surface area (Å²) in [5, 5.41) is 11.9. The van der Waals surface area contributed by atoms with E-state index in [2.05, 4.69) is 20.7 Å². The summed E-state index contributed by atoms with van der Waals surface area (Å²) >= 11 is 0.860. The van der Waals surface area contributed by atoms with Crippen LogP contribution >= 0.6 is 11.8 Å². The Balaban J connectivity index is 2.04. The summed E-state index contributed by atoms with van der Waals surface area (Å²) in [6, 6.07) is 1.53. The summed E-state index contributed by atoms with van der Waals surface area (Å²) in [6.45, 7) is 3.20. The van der Waals surface area contributed by atoms with Gasteiger partial charge in [-0.25, -0.2) is 0 Å². The van der Waals surface area contributed by atoms with E-state index in [1.54, 1.807) is 6.92 Å². The van der Waals surface area contributed by atoms with E-state index in [0.29, 0.717) is 5.76 Å². The first kappa shape index (κ1) is 16.3. The molecule has 7 nitrogen and oxygen atoms in total. The van der Waals surface area contributed by atoms with Gasteiger partial charge in [0.05, 0.1) is 5.25 Å². The molecule has 120 valence electrons. The van der Waals surface area contributed by atoms with Crippen molar-refractivity contribution < 1.29 is 22.5 Å². The zero-order valence-electron chi connectivity index (χ0n) is 11.8. The van der Waals surface area contributed by atoms with Gasteiger partial charge in [-0.3, -0.25) is 4.79 Å². The first-order chi connectivity index (χ1) is 10.2. The maximum atomic E-state index is 12.6. The molecule has 2 aromatic rings. The van der Waals surface area contributed by atoms with Crippen LogP contribution < -0.4 is 5.32 Å². The van der Waals surface area contributed by atoms with Gasteiger partial charge in [0.2, 0.25) is 11.7 Å². The smallest absolute Gasteiger partial charge is 0.360 e. The molecule has 11 heteroatoms. The minimum Gasteiger partial charge on any atom is -0.360 e. The van der Waals surface area contributed by atoms with Gasteiger partial charge in [0, 0.05) is 13.1 Å². The fourth-order valence-corrected chi connectivity index (χ4v) is 2.34. The predicted octanol–water partition coefficient (Wildman–Crippen LogP) is 2.25. The highest BCUT2D eigenvalue weighted by atomic mass is 32.2. The van der Waals surface area contributed by atoms with Gasteiger partial charge in [-0.05, 0) is 13.8 Å². The van der Waals surface area contributed by atoms with Gasteiger partial charge in [-0.2, -0.15) is 13.2 Å². The fraction of sp³-hybridized carbons (Fsp3) is 0.455. The molecule has 2 rings (SSSR count). The van der Waals surface area contributed by atoms with E-state index in [-0.39, 0.29) is 11.0 Å². The Morgan fingerprint density at radius 3 is 2.64 bits per heavy atom. The average Bonchev–Trinajstić information content (AvgIpc) is 2.96. The van der Waals surface area contributed by atoms with E-state index < -0.39 is 23.2 Å². The number of carbonyl (C=O) groups excluding carboxylic acids is 1. The molecule has 0 aliphatic carbocycles. The number of alkyl halides is 3. The number of hydrogen-bond acceptors (Lipinski definition) is 6. The lowest BCUT2D eigenvalue weighted by Crippen LogP contribution is -2.23. The number of anilines is 1. The average molecular weight is 335 g/mol. The highest BCUT2D eigenvalue weighted by Crippen LogP contribution is 2.30. The molecule has 1 amide bonds. The Hall–Kier alpha value is -2.04. The van der Waals surface area contributed by atoms with Crippen molar-refractivity contribution in [2.24, 2.45) is 7.05 Å². The van der Waals surface area contributed by atoms with Crippen LogP contribution in [0.1, 0.15) is 18.5 Å². The van der Waals surface area contributed by atoms with Crippen LogP contribution in [0.4, 0.5) is 19.0 Å². The molecule has 2 aromatic heterocycles. The zero-order chi connectivity index (χ0) is 16.5. The van der Waals surface area contributed by atoms with Crippen LogP contribution in [-0.2, 0) is 18.0 Å². The Bertz CT molecular complexity index is 682. The topological polar surface area (TPSA) is 85.8 Å². The summed E-state index contributed by atoms with van der Waals surface area (Å²) in [4.78, 5) is 11.9. The maximum absolute atomic E-state index is 12.6. The van der Waals surface area contributed by atoms with Gasteiger partial charge < -0.3 is 14.4 Å². The lowest BCUT2D eigenvalue weighted by Gasteiger charge is -2.10. The standard InChI is InChI=1S/C11H12F3N5O2S/c1-5-4-7(18-21-5)15-8(20)6(2)22-10-17-16-9(19(10)3)11(12,13)14/h4,6H,1-3H3,(H,15,18,20)/t6-/m0/s1. The number of aromatic nitrogens is 4. The third-order valence-corrected chi connectivity index (χ3v) is 3.75. The van der Waals surface area contributed by atoms with Gasteiger partial charge >= 0.3 is 6.18 Å². The molecule has 0 spiro atoms. The van der Waals surface area contributed by atoms with E-state index in [0.717, 1.165) is 16.3 Å². The van der Waals surface area contributed by atoms with Gasteiger partial charge in [-0.1, -0.05) is 16.9 Å². The van der Waals surface area contributed by atoms with Crippen molar-refractivity contribution in [2.45, 2.75) is 30.4 Å². The molecule has 0 fully saturated rings. The van der Waals surface area contributed by atoms with Gasteiger partial charge in [0.1, 0.15) is 5.76 Å². The molecular weight excluding hydrogens is 323 g/mol. The second-order valence-electron chi connectivity index (χ2n) is 4.44.